The molecule has 6 nitrogen and oxygen atoms in total. The number of nitrogens with two attached hydrogens (primary N) is 1. The summed E-state index contributed by atoms with van der Waals surface area (Å²) in [6.45, 7) is 7.29. The lowest BCUT2D eigenvalue weighted by molar-refractivity contribution is 0.0949. The highest BCUT2D eigenvalue weighted by Crippen LogP contribution is 2.24. The maximum Gasteiger partial charge on any atom is 0.0962 e. The van der Waals surface area contributed by atoms with Crippen LogP contribution in [0.1, 0.15) is 31.4 Å². The third kappa shape index (κ3) is 3.37. The van der Waals surface area contributed by atoms with E-state index in [2.05, 4.69) is 20.1 Å². The molecule has 2 aliphatic rings. The van der Waals surface area contributed by atoms with Gasteiger partial charge in [0, 0.05) is 51.5 Å². The summed E-state index contributed by atoms with van der Waals surface area (Å²) < 4.78 is 1.91. The first-order chi connectivity index (χ1) is 9.85. The second kappa shape index (κ2) is 6.65. The van der Waals surface area contributed by atoms with Gasteiger partial charge >= 0.3 is 0 Å². The second-order valence-corrected chi connectivity index (χ2v) is 5.99. The highest BCUT2D eigenvalue weighted by atomic mass is 15.4. The predicted molar refractivity (Wildman–Crippen MR) is 78.2 cm³/mol. The van der Waals surface area contributed by atoms with Crippen LogP contribution in [-0.4, -0.2) is 63.6 Å². The van der Waals surface area contributed by atoms with E-state index in [0.29, 0.717) is 6.54 Å². The minimum atomic E-state index is 0.472. The minimum Gasteiger partial charge on any atom is -0.325 e. The fourth-order valence-corrected chi connectivity index (χ4v) is 3.41. The molecule has 0 atom stereocenters. The first-order valence-electron chi connectivity index (χ1n) is 7.90. The molecule has 2 heterocycles. The molecule has 1 saturated carbocycles. The molecular weight excluding hydrogens is 252 g/mol. The van der Waals surface area contributed by atoms with E-state index >= 15 is 0 Å². The van der Waals surface area contributed by atoms with Crippen LogP contribution in [0, 0.1) is 0 Å². The summed E-state index contributed by atoms with van der Waals surface area (Å²) in [4.78, 5) is 5.24. The Morgan fingerprint density at radius 3 is 2.50 bits per heavy atom. The van der Waals surface area contributed by atoms with Gasteiger partial charge in [0.15, 0.2) is 0 Å². The summed E-state index contributed by atoms with van der Waals surface area (Å²) in [7, 11) is 0. The van der Waals surface area contributed by atoms with Crippen molar-refractivity contribution in [3.63, 3.8) is 0 Å². The van der Waals surface area contributed by atoms with E-state index in [1.807, 2.05) is 10.9 Å². The topological polar surface area (TPSA) is 63.2 Å². The van der Waals surface area contributed by atoms with Gasteiger partial charge in [0.25, 0.3) is 0 Å². The van der Waals surface area contributed by atoms with E-state index in [1.165, 1.54) is 51.9 Å². The Bertz CT molecular complexity index is 404. The van der Waals surface area contributed by atoms with Crippen LogP contribution in [0.4, 0.5) is 0 Å². The maximum atomic E-state index is 5.55. The van der Waals surface area contributed by atoms with Crippen molar-refractivity contribution in [1.29, 1.82) is 0 Å². The summed E-state index contributed by atoms with van der Waals surface area (Å²) >= 11 is 0. The van der Waals surface area contributed by atoms with Gasteiger partial charge in [-0.1, -0.05) is 18.1 Å². The average Bonchev–Trinajstić information content (AvgIpc) is 3.17. The standard InChI is InChI=1S/C14H26N6/c15-11-13-12-20(17-16-13)10-7-18-5-8-19(9-6-18)14-3-1-2-4-14/h12,14H,1-11,15H2. The molecule has 1 aromatic rings. The van der Waals surface area contributed by atoms with Crippen molar-refractivity contribution in [2.75, 3.05) is 32.7 Å². The third-order valence-electron chi connectivity index (χ3n) is 4.69. The van der Waals surface area contributed by atoms with Crippen molar-refractivity contribution in [2.24, 2.45) is 5.73 Å². The molecule has 0 radical (unpaired) electrons. The Hall–Kier alpha value is -0.980. The monoisotopic (exact) mass is 278 g/mol. The molecule has 1 saturated heterocycles. The van der Waals surface area contributed by atoms with E-state index in [0.717, 1.165) is 24.8 Å². The van der Waals surface area contributed by atoms with Gasteiger partial charge < -0.3 is 5.73 Å². The van der Waals surface area contributed by atoms with E-state index in [1.54, 1.807) is 0 Å². The fraction of sp³-hybridized carbons (Fsp3) is 0.857. The lowest BCUT2D eigenvalue weighted by Gasteiger charge is -2.38. The van der Waals surface area contributed by atoms with Crippen LogP contribution in [0.5, 0.6) is 0 Å². The molecule has 2 N–H and O–H groups in total. The largest absolute Gasteiger partial charge is 0.325 e. The zero-order valence-electron chi connectivity index (χ0n) is 12.2. The fourth-order valence-electron chi connectivity index (χ4n) is 3.41. The van der Waals surface area contributed by atoms with Crippen molar-refractivity contribution < 1.29 is 0 Å². The smallest absolute Gasteiger partial charge is 0.0962 e. The average molecular weight is 278 g/mol. The van der Waals surface area contributed by atoms with Crippen LogP contribution >= 0.6 is 0 Å². The van der Waals surface area contributed by atoms with E-state index < -0.39 is 0 Å². The Balaban J connectivity index is 1.39. The van der Waals surface area contributed by atoms with Crippen LogP contribution in [0.3, 0.4) is 0 Å². The van der Waals surface area contributed by atoms with Crippen molar-refractivity contribution in [3.05, 3.63) is 11.9 Å². The van der Waals surface area contributed by atoms with Gasteiger partial charge in [-0.3, -0.25) is 14.5 Å². The van der Waals surface area contributed by atoms with Crippen molar-refractivity contribution in [3.8, 4) is 0 Å². The number of piperazine rings is 1. The Morgan fingerprint density at radius 2 is 1.85 bits per heavy atom. The van der Waals surface area contributed by atoms with Gasteiger partial charge in [0.1, 0.15) is 0 Å². The summed E-state index contributed by atoms with van der Waals surface area (Å²) in [6.07, 6.45) is 7.65. The molecule has 0 aromatic carbocycles. The number of aromatic nitrogens is 3. The normalized spacial score (nSPS) is 22.6. The zero-order valence-corrected chi connectivity index (χ0v) is 12.2. The van der Waals surface area contributed by atoms with Gasteiger partial charge in [0.2, 0.25) is 0 Å². The molecule has 1 aromatic heterocycles. The highest BCUT2D eigenvalue weighted by Gasteiger charge is 2.25. The van der Waals surface area contributed by atoms with Crippen LogP contribution in [-0.2, 0) is 13.1 Å². The Morgan fingerprint density at radius 1 is 1.10 bits per heavy atom. The van der Waals surface area contributed by atoms with E-state index in [9.17, 15) is 0 Å². The van der Waals surface area contributed by atoms with Gasteiger partial charge in [-0.05, 0) is 12.8 Å². The maximum absolute atomic E-state index is 5.55. The lowest BCUT2D eigenvalue weighted by Crippen LogP contribution is -2.50. The number of hydrogen-bond donors (Lipinski definition) is 1. The first-order valence-corrected chi connectivity index (χ1v) is 7.90. The van der Waals surface area contributed by atoms with E-state index in [4.69, 9.17) is 5.73 Å². The number of hydrogen-bond acceptors (Lipinski definition) is 5. The van der Waals surface area contributed by atoms with Crippen molar-refractivity contribution in [2.45, 2.75) is 44.8 Å². The molecule has 1 aliphatic carbocycles. The Labute approximate surface area is 120 Å². The van der Waals surface area contributed by atoms with Gasteiger partial charge in [-0.2, -0.15) is 0 Å². The van der Waals surface area contributed by atoms with Crippen LogP contribution in [0.15, 0.2) is 6.20 Å². The summed E-state index contributed by atoms with van der Waals surface area (Å²) in [5.74, 6) is 0. The first kappa shape index (κ1) is 14.0. The van der Waals surface area contributed by atoms with Crippen molar-refractivity contribution in [1.82, 2.24) is 24.8 Å². The molecule has 0 amide bonds. The molecule has 3 rings (SSSR count). The van der Waals surface area contributed by atoms with Gasteiger partial charge in [-0.25, -0.2) is 0 Å². The molecule has 1 aliphatic heterocycles. The Kier molecular flexibility index (Phi) is 4.65. The molecule has 0 spiro atoms. The van der Waals surface area contributed by atoms with Crippen LogP contribution < -0.4 is 5.73 Å². The zero-order chi connectivity index (χ0) is 13.8. The summed E-state index contributed by atoms with van der Waals surface area (Å²) in [6, 6.07) is 0.875. The number of rotatable bonds is 5. The number of nitrogens with zero attached hydrogens (tertiary/aromatic N) is 5. The summed E-state index contributed by atoms with van der Waals surface area (Å²) in [5, 5.41) is 8.12. The summed E-state index contributed by atoms with van der Waals surface area (Å²) in [5.41, 5.74) is 6.42. The highest BCUT2D eigenvalue weighted by molar-refractivity contribution is 4.90. The molecule has 0 unspecified atom stereocenters. The molecule has 6 heteroatoms. The SMILES string of the molecule is NCc1cn(CCN2CCN(C3CCCC3)CC2)nn1. The van der Waals surface area contributed by atoms with E-state index in [-0.39, 0.29) is 0 Å². The third-order valence-corrected chi connectivity index (χ3v) is 4.69. The molecule has 112 valence electrons. The molecular formula is C14H26N6. The minimum absolute atomic E-state index is 0.472. The second-order valence-electron chi connectivity index (χ2n) is 5.99. The van der Waals surface area contributed by atoms with Crippen LogP contribution in [0.25, 0.3) is 0 Å². The molecule has 2 fully saturated rings. The van der Waals surface area contributed by atoms with Crippen LogP contribution in [0.2, 0.25) is 0 Å². The van der Waals surface area contributed by atoms with Crippen molar-refractivity contribution >= 4 is 0 Å². The lowest BCUT2D eigenvalue weighted by atomic mass is 10.2. The quantitative estimate of drug-likeness (QED) is 0.839. The molecule has 0 bridgehead atoms. The molecule has 20 heavy (non-hydrogen) atoms. The predicted octanol–water partition coefficient (Wildman–Crippen LogP) is 0.297. The van der Waals surface area contributed by atoms with Gasteiger partial charge in [-0.15, -0.1) is 5.10 Å². The van der Waals surface area contributed by atoms with Gasteiger partial charge in [0.05, 0.1) is 12.2 Å².